The van der Waals surface area contributed by atoms with Crippen molar-refractivity contribution in [3.63, 3.8) is 0 Å². The van der Waals surface area contributed by atoms with Crippen molar-refractivity contribution in [2.24, 2.45) is 11.1 Å². The zero-order chi connectivity index (χ0) is 7.61. The second-order valence-electron chi connectivity index (χ2n) is 3.56. The zero-order valence-corrected chi connectivity index (χ0v) is 6.89. The van der Waals surface area contributed by atoms with Crippen LogP contribution in [0.3, 0.4) is 0 Å². The summed E-state index contributed by atoms with van der Waals surface area (Å²) < 4.78 is 5.26. The molecule has 0 aromatic rings. The molecule has 2 N–H and O–H groups in total. The van der Waals surface area contributed by atoms with Crippen LogP contribution in [0.25, 0.3) is 0 Å². The minimum absolute atomic E-state index is 0.302. The average Bonchev–Trinajstić information content (AvgIpc) is 1.89. The third-order valence-corrected chi connectivity index (χ3v) is 2.73. The van der Waals surface area contributed by atoms with Gasteiger partial charge < -0.3 is 10.5 Å². The Hall–Kier alpha value is -0.0800. The number of hydrogen-bond donors (Lipinski definition) is 1. The first-order valence-electron chi connectivity index (χ1n) is 3.98. The second kappa shape index (κ2) is 2.89. The molecule has 1 fully saturated rings. The maximum atomic E-state index is 5.85. The summed E-state index contributed by atoms with van der Waals surface area (Å²) in [6.45, 7) is 6.11. The molecule has 0 aromatic heterocycles. The number of hydrogen-bond acceptors (Lipinski definition) is 2. The molecule has 1 aliphatic heterocycles. The lowest BCUT2D eigenvalue weighted by molar-refractivity contribution is 0.0139. The van der Waals surface area contributed by atoms with E-state index in [2.05, 4.69) is 13.8 Å². The highest BCUT2D eigenvalue weighted by molar-refractivity contribution is 4.84. The van der Waals surface area contributed by atoms with Gasteiger partial charge in [-0.05, 0) is 25.2 Å². The summed E-state index contributed by atoms with van der Waals surface area (Å²) in [6.07, 6.45) is 2.23. The predicted molar refractivity (Wildman–Crippen MR) is 41.8 cm³/mol. The van der Waals surface area contributed by atoms with Crippen LogP contribution in [0.1, 0.15) is 26.7 Å². The van der Waals surface area contributed by atoms with Crippen LogP contribution >= 0.6 is 0 Å². The van der Waals surface area contributed by atoms with Gasteiger partial charge in [0.15, 0.2) is 0 Å². The first kappa shape index (κ1) is 8.02. The van der Waals surface area contributed by atoms with Crippen LogP contribution in [0.2, 0.25) is 0 Å². The van der Waals surface area contributed by atoms with Crippen LogP contribution in [0.4, 0.5) is 0 Å². The van der Waals surface area contributed by atoms with Crippen LogP contribution in [-0.2, 0) is 4.74 Å². The molecule has 0 saturated carbocycles. The summed E-state index contributed by atoms with van der Waals surface area (Å²) in [5.74, 6) is 0. The molecular weight excluding hydrogens is 126 g/mol. The van der Waals surface area contributed by atoms with Gasteiger partial charge in [0.05, 0.1) is 0 Å². The molecule has 0 amide bonds. The molecule has 1 atom stereocenters. The smallest absolute Gasteiger partial charge is 0.0471 e. The highest BCUT2D eigenvalue weighted by Gasteiger charge is 2.30. The van der Waals surface area contributed by atoms with Gasteiger partial charge in [-0.15, -0.1) is 0 Å². The van der Waals surface area contributed by atoms with Gasteiger partial charge >= 0.3 is 0 Å². The molecular formula is C8H17NO. The summed E-state index contributed by atoms with van der Waals surface area (Å²) in [5, 5.41) is 0. The van der Waals surface area contributed by atoms with E-state index in [-0.39, 0.29) is 0 Å². The Bertz CT molecular complexity index is 106. The SMILES string of the molecule is CC(N)C1(C)CCOCC1. The van der Waals surface area contributed by atoms with Crippen molar-refractivity contribution in [2.75, 3.05) is 13.2 Å². The van der Waals surface area contributed by atoms with E-state index in [0.717, 1.165) is 26.1 Å². The standard InChI is InChI=1S/C8H17NO/c1-7(9)8(2)3-5-10-6-4-8/h7H,3-6,9H2,1-2H3. The third kappa shape index (κ3) is 1.50. The highest BCUT2D eigenvalue weighted by Crippen LogP contribution is 2.31. The molecule has 0 bridgehead atoms. The topological polar surface area (TPSA) is 35.2 Å². The minimum atomic E-state index is 0.302. The van der Waals surface area contributed by atoms with Crippen molar-refractivity contribution >= 4 is 0 Å². The lowest BCUT2D eigenvalue weighted by Gasteiger charge is -2.36. The summed E-state index contributed by atoms with van der Waals surface area (Å²) in [5.41, 5.74) is 6.18. The average molecular weight is 143 g/mol. The van der Waals surface area contributed by atoms with Crippen molar-refractivity contribution < 1.29 is 4.74 Å². The van der Waals surface area contributed by atoms with Crippen molar-refractivity contribution in [3.05, 3.63) is 0 Å². The Morgan fingerprint density at radius 1 is 1.40 bits per heavy atom. The fourth-order valence-corrected chi connectivity index (χ4v) is 1.29. The summed E-state index contributed by atoms with van der Waals surface area (Å²) in [7, 11) is 0. The molecule has 2 nitrogen and oxygen atoms in total. The van der Waals surface area contributed by atoms with Crippen LogP contribution in [0, 0.1) is 5.41 Å². The molecule has 10 heavy (non-hydrogen) atoms. The van der Waals surface area contributed by atoms with E-state index in [9.17, 15) is 0 Å². The Balaban J connectivity index is 2.48. The summed E-state index contributed by atoms with van der Waals surface area (Å²) >= 11 is 0. The number of rotatable bonds is 1. The van der Waals surface area contributed by atoms with Gasteiger partial charge in [-0.1, -0.05) is 6.92 Å². The first-order chi connectivity index (χ1) is 4.65. The van der Waals surface area contributed by atoms with Gasteiger partial charge in [-0.25, -0.2) is 0 Å². The Morgan fingerprint density at radius 2 is 1.90 bits per heavy atom. The van der Waals surface area contributed by atoms with Crippen LogP contribution < -0.4 is 5.73 Å². The zero-order valence-electron chi connectivity index (χ0n) is 6.89. The quantitative estimate of drug-likeness (QED) is 0.597. The van der Waals surface area contributed by atoms with Gasteiger partial charge in [0.2, 0.25) is 0 Å². The fraction of sp³-hybridized carbons (Fsp3) is 1.00. The van der Waals surface area contributed by atoms with Gasteiger partial charge in [0, 0.05) is 19.3 Å². The minimum Gasteiger partial charge on any atom is -0.381 e. The molecule has 1 aliphatic rings. The van der Waals surface area contributed by atoms with Crippen molar-refractivity contribution in [1.82, 2.24) is 0 Å². The van der Waals surface area contributed by atoms with E-state index >= 15 is 0 Å². The predicted octanol–water partition coefficient (Wildman–Crippen LogP) is 1.15. The molecule has 2 heteroatoms. The first-order valence-corrected chi connectivity index (χ1v) is 3.98. The summed E-state index contributed by atoms with van der Waals surface area (Å²) in [4.78, 5) is 0. The Morgan fingerprint density at radius 3 is 2.20 bits per heavy atom. The fourth-order valence-electron chi connectivity index (χ4n) is 1.29. The normalized spacial score (nSPS) is 27.9. The van der Waals surface area contributed by atoms with E-state index < -0.39 is 0 Å². The molecule has 1 heterocycles. The molecule has 60 valence electrons. The van der Waals surface area contributed by atoms with Crippen LogP contribution in [0.5, 0.6) is 0 Å². The van der Waals surface area contributed by atoms with Crippen LogP contribution in [0.15, 0.2) is 0 Å². The van der Waals surface area contributed by atoms with E-state index in [1.165, 1.54) is 0 Å². The van der Waals surface area contributed by atoms with Gasteiger partial charge in [0.25, 0.3) is 0 Å². The van der Waals surface area contributed by atoms with Gasteiger partial charge in [-0.3, -0.25) is 0 Å². The lowest BCUT2D eigenvalue weighted by Crippen LogP contribution is -2.41. The van der Waals surface area contributed by atoms with E-state index in [1.54, 1.807) is 0 Å². The van der Waals surface area contributed by atoms with E-state index in [0.29, 0.717) is 11.5 Å². The molecule has 1 rings (SSSR count). The Kier molecular flexibility index (Phi) is 2.32. The monoisotopic (exact) mass is 143 g/mol. The molecule has 0 radical (unpaired) electrons. The largest absolute Gasteiger partial charge is 0.381 e. The van der Waals surface area contributed by atoms with Crippen molar-refractivity contribution in [3.8, 4) is 0 Å². The maximum Gasteiger partial charge on any atom is 0.0471 e. The molecule has 1 saturated heterocycles. The Labute approximate surface area is 62.7 Å². The number of nitrogens with two attached hydrogens (primary N) is 1. The second-order valence-corrected chi connectivity index (χ2v) is 3.56. The van der Waals surface area contributed by atoms with Gasteiger partial charge in [-0.2, -0.15) is 0 Å². The van der Waals surface area contributed by atoms with Crippen molar-refractivity contribution in [1.29, 1.82) is 0 Å². The molecule has 0 spiro atoms. The van der Waals surface area contributed by atoms with E-state index in [4.69, 9.17) is 10.5 Å². The lowest BCUT2D eigenvalue weighted by atomic mass is 9.77. The third-order valence-electron chi connectivity index (χ3n) is 2.73. The van der Waals surface area contributed by atoms with Crippen molar-refractivity contribution in [2.45, 2.75) is 32.7 Å². The highest BCUT2D eigenvalue weighted by atomic mass is 16.5. The molecule has 1 unspecified atom stereocenters. The molecule has 0 aliphatic carbocycles. The van der Waals surface area contributed by atoms with Gasteiger partial charge in [0.1, 0.15) is 0 Å². The molecule has 0 aromatic carbocycles. The summed E-state index contributed by atoms with van der Waals surface area (Å²) in [6, 6.07) is 0.302. The van der Waals surface area contributed by atoms with Crippen LogP contribution in [-0.4, -0.2) is 19.3 Å². The number of ether oxygens (including phenoxy) is 1. The van der Waals surface area contributed by atoms with E-state index in [1.807, 2.05) is 0 Å². The maximum absolute atomic E-state index is 5.85.